The van der Waals surface area contributed by atoms with Crippen molar-refractivity contribution in [1.82, 2.24) is 5.32 Å². The third-order valence-corrected chi connectivity index (χ3v) is 2.25. The van der Waals surface area contributed by atoms with Gasteiger partial charge in [-0.05, 0) is 34.1 Å². The van der Waals surface area contributed by atoms with Crippen LogP contribution in [0.25, 0.3) is 0 Å². The van der Waals surface area contributed by atoms with Crippen molar-refractivity contribution >= 4 is 21.8 Å². The highest BCUT2D eigenvalue weighted by atomic mass is 79.9. The first-order valence-corrected chi connectivity index (χ1v) is 4.82. The molecular weight excluding hydrogens is 246 g/mol. The second-order valence-corrected chi connectivity index (χ2v) is 3.52. The topological polar surface area (TPSA) is 49.3 Å². The lowest BCUT2D eigenvalue weighted by Gasteiger charge is -2.03. The molecule has 4 heteroatoms. The molecule has 0 heterocycles. The number of carbonyl (C=O) groups excluding carboxylic acids is 1. The fourth-order valence-corrected chi connectivity index (χ4v) is 1.29. The molecule has 0 radical (unpaired) electrons. The highest BCUT2D eigenvalue weighted by molar-refractivity contribution is 9.10. The number of aromatic hydroxyl groups is 1. The molecule has 0 unspecified atom stereocenters. The molecule has 0 saturated carbocycles. The van der Waals surface area contributed by atoms with Gasteiger partial charge < -0.3 is 10.4 Å². The van der Waals surface area contributed by atoms with Gasteiger partial charge in [-0.3, -0.25) is 4.79 Å². The molecule has 74 valence electrons. The van der Waals surface area contributed by atoms with Crippen LogP contribution in [0.1, 0.15) is 10.4 Å². The molecule has 0 aromatic heterocycles. The van der Waals surface area contributed by atoms with Gasteiger partial charge in [0.25, 0.3) is 5.91 Å². The van der Waals surface area contributed by atoms with Crippen molar-refractivity contribution < 1.29 is 9.90 Å². The summed E-state index contributed by atoms with van der Waals surface area (Å²) in [6.07, 6.45) is 1.60. The van der Waals surface area contributed by atoms with Crippen LogP contribution in [0.15, 0.2) is 35.3 Å². The Morgan fingerprint density at radius 2 is 2.36 bits per heavy atom. The van der Waals surface area contributed by atoms with Crippen molar-refractivity contribution in [2.75, 3.05) is 6.54 Å². The summed E-state index contributed by atoms with van der Waals surface area (Å²) in [5.41, 5.74) is 0.497. The number of benzene rings is 1. The number of phenols is 1. The van der Waals surface area contributed by atoms with Crippen LogP contribution in [0.3, 0.4) is 0 Å². The van der Waals surface area contributed by atoms with E-state index in [0.29, 0.717) is 16.6 Å². The van der Waals surface area contributed by atoms with Gasteiger partial charge in [0.2, 0.25) is 0 Å². The van der Waals surface area contributed by atoms with E-state index in [9.17, 15) is 9.90 Å². The van der Waals surface area contributed by atoms with Gasteiger partial charge in [-0.2, -0.15) is 0 Å². The summed E-state index contributed by atoms with van der Waals surface area (Å²) in [6, 6.07) is 4.58. The smallest absolute Gasteiger partial charge is 0.251 e. The molecule has 0 bridgehead atoms. The minimum Gasteiger partial charge on any atom is -0.507 e. The molecule has 0 saturated heterocycles. The predicted octanol–water partition coefficient (Wildman–Crippen LogP) is 2.07. The van der Waals surface area contributed by atoms with Gasteiger partial charge in [-0.25, -0.2) is 0 Å². The van der Waals surface area contributed by atoms with Crippen LogP contribution in [0, 0.1) is 0 Å². The number of halogens is 1. The minimum atomic E-state index is -0.189. The second kappa shape index (κ2) is 4.81. The van der Waals surface area contributed by atoms with E-state index in [4.69, 9.17) is 0 Å². The second-order valence-electron chi connectivity index (χ2n) is 2.66. The Bertz CT molecular complexity index is 363. The average molecular weight is 256 g/mol. The number of nitrogens with one attached hydrogen (secondary N) is 1. The molecule has 0 aliphatic rings. The van der Waals surface area contributed by atoms with Crippen LogP contribution >= 0.6 is 15.9 Å². The van der Waals surface area contributed by atoms with E-state index in [1.54, 1.807) is 18.2 Å². The molecule has 0 spiro atoms. The molecule has 1 aromatic rings. The van der Waals surface area contributed by atoms with Gasteiger partial charge in [-0.15, -0.1) is 6.58 Å². The summed E-state index contributed by atoms with van der Waals surface area (Å²) in [7, 11) is 0. The molecule has 14 heavy (non-hydrogen) atoms. The van der Waals surface area contributed by atoms with Gasteiger partial charge in [0.15, 0.2) is 0 Å². The first-order chi connectivity index (χ1) is 6.65. The quantitative estimate of drug-likeness (QED) is 0.813. The van der Waals surface area contributed by atoms with E-state index < -0.39 is 0 Å². The largest absolute Gasteiger partial charge is 0.507 e. The fraction of sp³-hybridized carbons (Fsp3) is 0.100. The molecule has 1 aromatic carbocycles. The van der Waals surface area contributed by atoms with Crippen molar-refractivity contribution in [3.8, 4) is 5.75 Å². The summed E-state index contributed by atoms with van der Waals surface area (Å²) >= 11 is 3.13. The molecule has 2 N–H and O–H groups in total. The van der Waals surface area contributed by atoms with Crippen molar-refractivity contribution in [3.63, 3.8) is 0 Å². The van der Waals surface area contributed by atoms with Crippen LogP contribution in [-0.2, 0) is 0 Å². The molecule has 0 aliphatic heterocycles. The predicted molar refractivity (Wildman–Crippen MR) is 58.3 cm³/mol. The first-order valence-electron chi connectivity index (χ1n) is 4.02. The van der Waals surface area contributed by atoms with Crippen LogP contribution < -0.4 is 5.32 Å². The van der Waals surface area contributed by atoms with Crippen molar-refractivity contribution in [3.05, 3.63) is 40.9 Å². The maximum Gasteiger partial charge on any atom is 0.251 e. The maximum atomic E-state index is 11.4. The zero-order valence-electron chi connectivity index (χ0n) is 7.46. The van der Waals surface area contributed by atoms with E-state index in [-0.39, 0.29) is 11.7 Å². The lowest BCUT2D eigenvalue weighted by atomic mass is 10.2. The number of hydrogen-bond donors (Lipinski definition) is 2. The summed E-state index contributed by atoms with van der Waals surface area (Å²) in [4.78, 5) is 11.4. The molecule has 0 fully saturated rings. The Morgan fingerprint density at radius 3 is 2.93 bits per heavy atom. The van der Waals surface area contributed by atoms with Crippen LogP contribution in [0.2, 0.25) is 0 Å². The molecular formula is C10H10BrNO2. The van der Waals surface area contributed by atoms with Gasteiger partial charge in [0, 0.05) is 12.1 Å². The minimum absolute atomic E-state index is 0.116. The van der Waals surface area contributed by atoms with Gasteiger partial charge in [0.1, 0.15) is 5.75 Å². The van der Waals surface area contributed by atoms with E-state index >= 15 is 0 Å². The molecule has 0 aliphatic carbocycles. The fourth-order valence-electron chi connectivity index (χ4n) is 0.915. The van der Waals surface area contributed by atoms with Crippen LogP contribution in [0.5, 0.6) is 5.75 Å². The Labute approximate surface area is 90.6 Å². The molecule has 1 amide bonds. The highest BCUT2D eigenvalue weighted by Gasteiger charge is 2.06. The number of phenolic OH excluding ortho intramolecular Hbond substituents is 1. The Morgan fingerprint density at radius 1 is 1.64 bits per heavy atom. The zero-order valence-corrected chi connectivity index (χ0v) is 9.04. The standard InChI is InChI=1S/C10H10BrNO2/c1-2-5-12-10(14)7-3-4-9(13)8(11)6-7/h2-4,6,13H,1,5H2,(H,12,14). The van der Waals surface area contributed by atoms with Gasteiger partial charge >= 0.3 is 0 Å². The maximum absolute atomic E-state index is 11.4. The van der Waals surface area contributed by atoms with E-state index in [2.05, 4.69) is 27.8 Å². The van der Waals surface area contributed by atoms with E-state index in [1.807, 2.05) is 0 Å². The zero-order chi connectivity index (χ0) is 10.6. The first kappa shape index (κ1) is 10.8. The number of hydrogen-bond acceptors (Lipinski definition) is 2. The SMILES string of the molecule is C=CCNC(=O)c1ccc(O)c(Br)c1. The Hall–Kier alpha value is -1.29. The van der Waals surface area contributed by atoms with Crippen LogP contribution in [0.4, 0.5) is 0 Å². The molecule has 3 nitrogen and oxygen atoms in total. The molecule has 0 atom stereocenters. The summed E-state index contributed by atoms with van der Waals surface area (Å²) in [6.45, 7) is 3.92. The monoisotopic (exact) mass is 255 g/mol. The van der Waals surface area contributed by atoms with Crippen molar-refractivity contribution in [2.45, 2.75) is 0 Å². The highest BCUT2D eigenvalue weighted by Crippen LogP contribution is 2.24. The number of carbonyl (C=O) groups is 1. The van der Waals surface area contributed by atoms with E-state index in [0.717, 1.165) is 0 Å². The third-order valence-electron chi connectivity index (χ3n) is 1.62. The summed E-state index contributed by atoms with van der Waals surface area (Å²) < 4.78 is 0.503. The van der Waals surface area contributed by atoms with E-state index in [1.165, 1.54) is 6.07 Å². The third kappa shape index (κ3) is 2.60. The lowest BCUT2D eigenvalue weighted by Crippen LogP contribution is -2.22. The summed E-state index contributed by atoms with van der Waals surface area (Å²) in [5, 5.41) is 11.8. The van der Waals surface area contributed by atoms with Gasteiger partial charge in [0.05, 0.1) is 4.47 Å². The lowest BCUT2D eigenvalue weighted by molar-refractivity contribution is 0.0958. The Balaban J connectivity index is 2.80. The van der Waals surface area contributed by atoms with Crippen LogP contribution in [-0.4, -0.2) is 17.6 Å². The number of rotatable bonds is 3. The van der Waals surface area contributed by atoms with Gasteiger partial charge in [-0.1, -0.05) is 6.08 Å². The van der Waals surface area contributed by atoms with Crippen molar-refractivity contribution in [1.29, 1.82) is 0 Å². The number of amides is 1. The normalized spacial score (nSPS) is 9.50. The average Bonchev–Trinajstić information content (AvgIpc) is 2.18. The Kier molecular flexibility index (Phi) is 3.71. The molecule has 1 rings (SSSR count). The summed E-state index contributed by atoms with van der Waals surface area (Å²) in [5.74, 6) is -0.0733. The van der Waals surface area contributed by atoms with Crippen molar-refractivity contribution in [2.24, 2.45) is 0 Å².